The van der Waals surface area contributed by atoms with Crippen molar-refractivity contribution >= 4 is 28.8 Å². The maximum Gasteiger partial charge on any atom is 0.410 e. The Morgan fingerprint density at radius 2 is 2.33 bits per heavy atom. The smallest absolute Gasteiger partial charge is 0.410 e. The third kappa shape index (κ3) is 4.53. The molecule has 0 aromatic carbocycles. The van der Waals surface area contributed by atoms with Crippen molar-refractivity contribution in [2.24, 2.45) is 7.05 Å². The minimum atomic E-state index is -0.357. The zero-order chi connectivity index (χ0) is 17.7. The Labute approximate surface area is 146 Å². The largest absolute Gasteiger partial charge is 0.445 e. The molecule has 2 heterocycles. The summed E-state index contributed by atoms with van der Waals surface area (Å²) >= 11 is 1.29. The minimum absolute atomic E-state index is 0.0148. The lowest BCUT2D eigenvalue weighted by molar-refractivity contribution is -0.109. The molecule has 24 heavy (non-hydrogen) atoms. The molecule has 1 saturated heterocycles. The van der Waals surface area contributed by atoms with Gasteiger partial charge in [0.25, 0.3) is 0 Å². The molecule has 1 aromatic heterocycles. The van der Waals surface area contributed by atoms with E-state index in [4.69, 9.17) is 4.74 Å². The first-order valence-electron chi connectivity index (χ1n) is 7.83. The van der Waals surface area contributed by atoms with Crippen LogP contribution in [-0.4, -0.2) is 63.9 Å². The molecule has 7 nitrogen and oxygen atoms in total. The van der Waals surface area contributed by atoms with Crippen LogP contribution in [0.1, 0.15) is 13.3 Å². The fourth-order valence-corrected chi connectivity index (χ4v) is 3.98. The molecule has 0 N–H and O–H groups in total. The van der Waals surface area contributed by atoms with E-state index in [1.807, 2.05) is 20.2 Å². The summed E-state index contributed by atoms with van der Waals surface area (Å²) in [7, 11) is 3.85. The van der Waals surface area contributed by atoms with E-state index >= 15 is 0 Å². The fourth-order valence-electron chi connectivity index (χ4n) is 2.95. The number of hydrogen-bond donors (Lipinski definition) is 0. The van der Waals surface area contributed by atoms with Crippen molar-refractivity contribution in [3.05, 3.63) is 24.9 Å². The average molecular weight is 352 g/mol. The van der Waals surface area contributed by atoms with Gasteiger partial charge < -0.3 is 14.5 Å². The summed E-state index contributed by atoms with van der Waals surface area (Å²) in [4.78, 5) is 27.5. The van der Waals surface area contributed by atoms with Crippen molar-refractivity contribution in [2.45, 2.75) is 24.6 Å². The van der Waals surface area contributed by atoms with Crippen LogP contribution in [0.2, 0.25) is 0 Å². The quantitative estimate of drug-likeness (QED) is 0.729. The molecule has 0 bridgehead atoms. The van der Waals surface area contributed by atoms with Gasteiger partial charge in [0.05, 0.1) is 12.2 Å². The number of likely N-dealkylation sites (tertiary alicyclic amines) is 1. The highest BCUT2D eigenvalue weighted by atomic mass is 32.2. The highest BCUT2D eigenvalue weighted by molar-refractivity contribution is 8.14. The number of carbonyl (C=O) groups is 2. The Balaban J connectivity index is 2.07. The molecule has 8 heteroatoms. The lowest BCUT2D eigenvalue weighted by atomic mass is 10.2. The number of carbonyl (C=O) groups excluding carboxylic acids is 2. The van der Waals surface area contributed by atoms with E-state index in [1.165, 1.54) is 11.8 Å². The molecule has 132 valence electrons. The van der Waals surface area contributed by atoms with Crippen LogP contribution >= 0.6 is 11.8 Å². The minimum Gasteiger partial charge on any atom is -0.445 e. The molecule has 1 amide bonds. The van der Waals surface area contributed by atoms with Crippen LogP contribution in [0, 0.1) is 0 Å². The number of anilines is 1. The van der Waals surface area contributed by atoms with Crippen LogP contribution in [0.5, 0.6) is 0 Å². The standard InChI is InChI=1S/C16H24N4O3S/c1-5-8-23-16(22)20-11-14(24-12(2)21)9-13(20)10-18(3)15-6-7-17-19(15)4/h5-7,13-14H,1,8-11H2,2-4H3/t13-,14-/m0/s1. The number of likely N-dealkylation sites (N-methyl/N-ethyl adjacent to an activating group) is 1. The predicted molar refractivity (Wildman–Crippen MR) is 95.2 cm³/mol. The van der Waals surface area contributed by atoms with Crippen LogP contribution in [0.15, 0.2) is 24.9 Å². The third-order valence-electron chi connectivity index (χ3n) is 3.94. The molecule has 0 radical (unpaired) electrons. The van der Waals surface area contributed by atoms with Gasteiger partial charge in [-0.3, -0.25) is 9.48 Å². The molecule has 2 atom stereocenters. The predicted octanol–water partition coefficient (Wildman–Crippen LogP) is 1.90. The Bertz CT molecular complexity index is 604. The van der Waals surface area contributed by atoms with Crippen LogP contribution in [0.3, 0.4) is 0 Å². The van der Waals surface area contributed by atoms with E-state index in [2.05, 4.69) is 16.6 Å². The Kier molecular flexibility index (Phi) is 6.30. The van der Waals surface area contributed by atoms with Gasteiger partial charge in [-0.25, -0.2) is 4.79 Å². The summed E-state index contributed by atoms with van der Waals surface area (Å²) in [5.41, 5.74) is 0. The van der Waals surface area contributed by atoms with E-state index in [-0.39, 0.29) is 29.1 Å². The monoisotopic (exact) mass is 352 g/mol. The summed E-state index contributed by atoms with van der Waals surface area (Å²) in [6, 6.07) is 1.91. The average Bonchev–Trinajstić information content (AvgIpc) is 3.10. The fraction of sp³-hybridized carbons (Fsp3) is 0.562. The summed E-state index contributed by atoms with van der Waals surface area (Å²) in [6.45, 7) is 6.47. The van der Waals surface area contributed by atoms with Gasteiger partial charge in [0.1, 0.15) is 12.4 Å². The summed E-state index contributed by atoms with van der Waals surface area (Å²) in [5, 5.41) is 4.34. The van der Waals surface area contributed by atoms with Crippen LogP contribution in [0.25, 0.3) is 0 Å². The SMILES string of the molecule is C=CCOC(=O)N1C[C@@H](SC(C)=O)C[C@H]1CN(C)c1ccnn1C. The molecule has 0 unspecified atom stereocenters. The molecule has 1 aliphatic heterocycles. The van der Waals surface area contributed by atoms with E-state index < -0.39 is 0 Å². The Hall–Kier alpha value is -1.96. The third-order valence-corrected chi connectivity index (χ3v) is 4.95. The van der Waals surface area contributed by atoms with Crippen LogP contribution in [-0.2, 0) is 16.6 Å². The number of rotatable bonds is 6. The Morgan fingerprint density at radius 1 is 1.58 bits per heavy atom. The molecule has 1 fully saturated rings. The number of ether oxygens (including phenoxy) is 1. The number of thioether (sulfide) groups is 1. The number of nitrogens with zero attached hydrogens (tertiary/aromatic N) is 4. The van der Waals surface area contributed by atoms with Gasteiger partial charge >= 0.3 is 6.09 Å². The molecular weight excluding hydrogens is 328 g/mol. The van der Waals surface area contributed by atoms with Crippen molar-refractivity contribution < 1.29 is 14.3 Å². The molecule has 0 aliphatic carbocycles. The van der Waals surface area contributed by atoms with Crippen LogP contribution < -0.4 is 4.90 Å². The normalized spacial score (nSPS) is 20.0. The van der Waals surface area contributed by atoms with Gasteiger partial charge in [-0.15, -0.1) is 0 Å². The number of aryl methyl sites for hydroxylation is 1. The lowest BCUT2D eigenvalue weighted by Gasteiger charge is -2.28. The molecule has 0 spiro atoms. The zero-order valence-electron chi connectivity index (χ0n) is 14.3. The summed E-state index contributed by atoms with van der Waals surface area (Å²) in [5.74, 6) is 0.970. The van der Waals surface area contributed by atoms with E-state index in [9.17, 15) is 9.59 Å². The van der Waals surface area contributed by atoms with Crippen molar-refractivity contribution in [3.8, 4) is 0 Å². The molecule has 0 saturated carbocycles. The number of aromatic nitrogens is 2. The van der Waals surface area contributed by atoms with Crippen molar-refractivity contribution in [3.63, 3.8) is 0 Å². The maximum absolute atomic E-state index is 12.3. The Morgan fingerprint density at radius 3 is 2.92 bits per heavy atom. The first kappa shape index (κ1) is 18.4. The van der Waals surface area contributed by atoms with E-state index in [1.54, 1.807) is 28.8 Å². The lowest BCUT2D eigenvalue weighted by Crippen LogP contribution is -2.43. The van der Waals surface area contributed by atoms with Crippen molar-refractivity contribution in [1.29, 1.82) is 0 Å². The second-order valence-corrected chi connectivity index (χ2v) is 7.31. The topological polar surface area (TPSA) is 67.7 Å². The molecule has 2 rings (SSSR count). The van der Waals surface area contributed by atoms with Gasteiger partial charge in [-0.2, -0.15) is 5.10 Å². The van der Waals surface area contributed by atoms with E-state index in [0.29, 0.717) is 13.1 Å². The van der Waals surface area contributed by atoms with Gasteiger partial charge in [0.15, 0.2) is 5.12 Å². The van der Waals surface area contributed by atoms with E-state index in [0.717, 1.165) is 12.2 Å². The highest BCUT2D eigenvalue weighted by Gasteiger charge is 2.37. The number of amides is 1. The van der Waals surface area contributed by atoms with Crippen molar-refractivity contribution in [2.75, 3.05) is 31.6 Å². The zero-order valence-corrected chi connectivity index (χ0v) is 15.2. The summed E-state index contributed by atoms with van der Waals surface area (Å²) < 4.78 is 6.98. The molecule has 1 aliphatic rings. The first-order valence-corrected chi connectivity index (χ1v) is 8.71. The summed E-state index contributed by atoms with van der Waals surface area (Å²) in [6.07, 6.45) is 3.69. The van der Waals surface area contributed by atoms with Gasteiger partial charge in [0, 0.05) is 45.4 Å². The second-order valence-electron chi connectivity index (χ2n) is 5.83. The van der Waals surface area contributed by atoms with Gasteiger partial charge in [-0.1, -0.05) is 24.4 Å². The maximum atomic E-state index is 12.3. The molecular formula is C16H24N4O3S. The second kappa shape index (κ2) is 8.23. The van der Waals surface area contributed by atoms with Gasteiger partial charge in [0.2, 0.25) is 0 Å². The van der Waals surface area contributed by atoms with Crippen LogP contribution in [0.4, 0.5) is 10.6 Å². The molecule has 1 aromatic rings. The van der Waals surface area contributed by atoms with Gasteiger partial charge in [-0.05, 0) is 6.42 Å². The van der Waals surface area contributed by atoms with Crippen molar-refractivity contribution in [1.82, 2.24) is 14.7 Å². The number of hydrogen-bond acceptors (Lipinski definition) is 6. The first-order chi connectivity index (χ1) is 11.4. The highest BCUT2D eigenvalue weighted by Crippen LogP contribution is 2.29.